The lowest BCUT2D eigenvalue weighted by molar-refractivity contribution is -0.158. The predicted molar refractivity (Wildman–Crippen MR) is 67.1 cm³/mol. The summed E-state index contributed by atoms with van der Waals surface area (Å²) in [5, 5.41) is 3.34. The first-order valence-corrected chi connectivity index (χ1v) is 6.33. The zero-order chi connectivity index (χ0) is 13.3. The van der Waals surface area contributed by atoms with Gasteiger partial charge in [0.2, 0.25) is 0 Å². The first-order valence-electron chi connectivity index (χ1n) is 5.16. The van der Waals surface area contributed by atoms with Gasteiger partial charge in [-0.1, -0.05) is 27.5 Å². The van der Waals surface area contributed by atoms with Gasteiger partial charge in [-0.3, -0.25) is 0 Å². The number of cyclic esters (lactones) is 1. The fourth-order valence-corrected chi connectivity index (χ4v) is 2.36. The van der Waals surface area contributed by atoms with E-state index in [2.05, 4.69) is 26.0 Å². The lowest BCUT2D eigenvalue weighted by Gasteiger charge is -2.12. The van der Waals surface area contributed by atoms with Gasteiger partial charge in [0.05, 0.1) is 23.7 Å². The third-order valence-electron chi connectivity index (χ3n) is 2.51. The van der Waals surface area contributed by atoms with Crippen LogP contribution in [0.5, 0.6) is 0 Å². The van der Waals surface area contributed by atoms with E-state index < -0.39 is 24.4 Å². The third-order valence-corrected chi connectivity index (χ3v) is 3.31. The zero-order valence-corrected chi connectivity index (χ0v) is 11.4. The molecule has 1 heterocycles. The van der Waals surface area contributed by atoms with Crippen LogP contribution in [0.4, 0.5) is 14.5 Å². The Kier molecular flexibility index (Phi) is 3.77. The van der Waals surface area contributed by atoms with Crippen LogP contribution in [0, 0.1) is 0 Å². The van der Waals surface area contributed by atoms with Crippen molar-refractivity contribution >= 4 is 39.2 Å². The molecule has 1 fully saturated rings. The minimum Gasteiger partial charge on any atom is -0.456 e. The number of esters is 1. The third kappa shape index (κ3) is 2.92. The number of nitrogens with one attached hydrogen (secondary N) is 1. The monoisotopic (exact) mass is 339 g/mol. The highest BCUT2D eigenvalue weighted by Gasteiger charge is 2.50. The van der Waals surface area contributed by atoms with Crippen molar-refractivity contribution in [2.45, 2.75) is 18.4 Å². The minimum absolute atomic E-state index is 0.0999. The molecule has 1 saturated heterocycles. The maximum absolute atomic E-state index is 12.9. The summed E-state index contributed by atoms with van der Waals surface area (Å²) < 4.78 is 31.2. The number of rotatable bonds is 3. The molecule has 7 heteroatoms. The normalized spacial score (nSPS) is 21.8. The molecule has 0 saturated carbocycles. The van der Waals surface area contributed by atoms with E-state index in [1.165, 1.54) is 0 Å². The van der Waals surface area contributed by atoms with Crippen molar-refractivity contribution in [1.82, 2.24) is 0 Å². The topological polar surface area (TPSA) is 38.3 Å². The van der Waals surface area contributed by atoms with Crippen molar-refractivity contribution < 1.29 is 18.3 Å². The van der Waals surface area contributed by atoms with Crippen LogP contribution in [0.1, 0.15) is 6.42 Å². The van der Waals surface area contributed by atoms with Gasteiger partial charge in [0.1, 0.15) is 6.10 Å². The molecule has 0 bridgehead atoms. The van der Waals surface area contributed by atoms with Crippen LogP contribution < -0.4 is 5.32 Å². The average molecular weight is 341 g/mol. The van der Waals surface area contributed by atoms with Crippen molar-refractivity contribution in [1.29, 1.82) is 0 Å². The molecule has 1 aromatic rings. The van der Waals surface area contributed by atoms with Crippen LogP contribution in [0.2, 0.25) is 5.02 Å². The van der Waals surface area contributed by atoms with Gasteiger partial charge in [-0.05, 0) is 18.2 Å². The number of hydrogen-bond donors (Lipinski definition) is 1. The van der Waals surface area contributed by atoms with Crippen molar-refractivity contribution in [2.75, 3.05) is 11.9 Å². The summed E-state index contributed by atoms with van der Waals surface area (Å²) >= 11 is 9.21. The predicted octanol–water partition coefficient (Wildman–Crippen LogP) is 3.47. The molecule has 1 aliphatic rings. The average Bonchev–Trinajstić information content (AvgIpc) is 2.51. The Morgan fingerprint density at radius 2 is 2.28 bits per heavy atom. The Labute approximate surface area is 116 Å². The van der Waals surface area contributed by atoms with Crippen LogP contribution in [-0.4, -0.2) is 24.5 Å². The molecule has 18 heavy (non-hydrogen) atoms. The van der Waals surface area contributed by atoms with Gasteiger partial charge in [-0.15, -0.1) is 0 Å². The molecular formula is C11H9BrClF2NO2. The van der Waals surface area contributed by atoms with Crippen LogP contribution >= 0.6 is 27.5 Å². The van der Waals surface area contributed by atoms with Gasteiger partial charge >= 0.3 is 11.9 Å². The fraction of sp³-hybridized carbons (Fsp3) is 0.364. The van der Waals surface area contributed by atoms with Crippen LogP contribution in [0.15, 0.2) is 22.7 Å². The number of hydrogen-bond acceptors (Lipinski definition) is 3. The molecule has 1 N–H and O–H groups in total. The molecule has 1 atom stereocenters. The van der Waals surface area contributed by atoms with Gasteiger partial charge in [0.25, 0.3) is 0 Å². The standard InChI is InChI=1S/C11H9BrClF2NO2/c12-6-1-2-9(8(13)3-6)16-5-7-4-11(14,15)10(17)18-7/h1-3,7,16H,4-5H2. The first kappa shape index (κ1) is 13.5. The number of carbonyl (C=O) groups is 1. The summed E-state index contributed by atoms with van der Waals surface area (Å²) in [5.41, 5.74) is 0.603. The summed E-state index contributed by atoms with van der Waals surface area (Å²) in [6, 6.07) is 5.16. The molecular weight excluding hydrogens is 331 g/mol. The number of halogens is 4. The summed E-state index contributed by atoms with van der Waals surface area (Å²) in [6.07, 6.45) is -1.44. The smallest absolute Gasteiger partial charge is 0.377 e. The maximum atomic E-state index is 12.9. The van der Waals surface area contributed by atoms with E-state index in [0.29, 0.717) is 10.7 Å². The van der Waals surface area contributed by atoms with E-state index >= 15 is 0 Å². The van der Waals surface area contributed by atoms with Crippen LogP contribution in [0.3, 0.4) is 0 Å². The maximum Gasteiger partial charge on any atom is 0.377 e. The number of carbonyl (C=O) groups excluding carboxylic acids is 1. The van der Waals surface area contributed by atoms with Gasteiger partial charge in [0, 0.05) is 4.47 Å². The summed E-state index contributed by atoms with van der Waals surface area (Å²) in [4.78, 5) is 10.8. The zero-order valence-electron chi connectivity index (χ0n) is 9.05. The molecule has 98 valence electrons. The van der Waals surface area contributed by atoms with Crippen molar-refractivity contribution in [3.05, 3.63) is 27.7 Å². The molecule has 1 unspecified atom stereocenters. The lowest BCUT2D eigenvalue weighted by Crippen LogP contribution is -2.22. The second-order valence-electron chi connectivity index (χ2n) is 3.94. The Balaban J connectivity index is 1.95. The van der Waals surface area contributed by atoms with E-state index in [1.54, 1.807) is 18.2 Å². The molecule has 0 aliphatic carbocycles. The number of ether oxygens (including phenoxy) is 1. The second-order valence-corrected chi connectivity index (χ2v) is 5.26. The van der Waals surface area contributed by atoms with Gasteiger partial charge in [-0.2, -0.15) is 8.78 Å². The molecule has 1 aliphatic heterocycles. The molecule has 3 nitrogen and oxygen atoms in total. The Morgan fingerprint density at radius 3 is 2.83 bits per heavy atom. The molecule has 0 aromatic heterocycles. The summed E-state index contributed by atoms with van der Waals surface area (Å²) in [5.74, 6) is -4.84. The van der Waals surface area contributed by atoms with E-state index in [0.717, 1.165) is 4.47 Å². The molecule has 0 radical (unpaired) electrons. The second kappa shape index (κ2) is 5.01. The number of alkyl halides is 2. The lowest BCUT2D eigenvalue weighted by atomic mass is 10.2. The Hall–Kier alpha value is -0.880. The SMILES string of the molecule is O=C1OC(CNc2ccc(Br)cc2Cl)CC1(F)F. The molecule has 2 rings (SSSR count). The van der Waals surface area contributed by atoms with E-state index in [-0.39, 0.29) is 6.54 Å². The van der Waals surface area contributed by atoms with Crippen molar-refractivity contribution in [3.8, 4) is 0 Å². The van der Waals surface area contributed by atoms with E-state index in [9.17, 15) is 13.6 Å². The quantitative estimate of drug-likeness (QED) is 0.856. The van der Waals surface area contributed by atoms with Gasteiger partial charge in [0.15, 0.2) is 0 Å². The number of benzene rings is 1. The van der Waals surface area contributed by atoms with Gasteiger partial charge < -0.3 is 10.1 Å². The van der Waals surface area contributed by atoms with Crippen LogP contribution in [-0.2, 0) is 9.53 Å². The molecule has 0 amide bonds. The van der Waals surface area contributed by atoms with E-state index in [4.69, 9.17) is 11.6 Å². The van der Waals surface area contributed by atoms with Gasteiger partial charge in [-0.25, -0.2) is 4.79 Å². The fourth-order valence-electron chi connectivity index (χ4n) is 1.62. The number of anilines is 1. The summed E-state index contributed by atoms with van der Waals surface area (Å²) in [6.45, 7) is 0.0999. The molecule has 0 spiro atoms. The highest BCUT2D eigenvalue weighted by molar-refractivity contribution is 9.10. The highest BCUT2D eigenvalue weighted by Crippen LogP contribution is 2.31. The summed E-state index contributed by atoms with van der Waals surface area (Å²) in [7, 11) is 0. The molecule has 1 aromatic carbocycles. The Bertz CT molecular complexity index is 484. The first-order chi connectivity index (χ1) is 8.38. The minimum atomic E-state index is -3.38. The van der Waals surface area contributed by atoms with Crippen LogP contribution in [0.25, 0.3) is 0 Å². The largest absolute Gasteiger partial charge is 0.456 e. The highest BCUT2D eigenvalue weighted by atomic mass is 79.9. The Morgan fingerprint density at radius 1 is 1.56 bits per heavy atom. The van der Waals surface area contributed by atoms with Crippen molar-refractivity contribution in [2.24, 2.45) is 0 Å². The van der Waals surface area contributed by atoms with Crippen molar-refractivity contribution in [3.63, 3.8) is 0 Å². The van der Waals surface area contributed by atoms with E-state index in [1.807, 2.05) is 0 Å².